The van der Waals surface area contributed by atoms with Crippen molar-refractivity contribution in [3.63, 3.8) is 0 Å². The highest BCUT2D eigenvalue weighted by Gasteiger charge is 2.34. The zero-order valence-electron chi connectivity index (χ0n) is 15.9. The van der Waals surface area contributed by atoms with Crippen molar-refractivity contribution in [1.29, 1.82) is 0 Å². The molecular weight excluding hydrogens is 356 g/mol. The Kier molecular flexibility index (Phi) is 4.38. The van der Waals surface area contributed by atoms with Crippen LogP contribution in [0.1, 0.15) is 19.0 Å². The Morgan fingerprint density at radius 3 is 2.68 bits per heavy atom. The maximum absolute atomic E-state index is 12.8. The van der Waals surface area contributed by atoms with E-state index < -0.39 is 6.04 Å². The smallest absolute Gasteiger partial charge is 0.272 e. The van der Waals surface area contributed by atoms with Gasteiger partial charge in [-0.25, -0.2) is 4.98 Å². The van der Waals surface area contributed by atoms with Crippen molar-refractivity contribution in [1.82, 2.24) is 14.8 Å². The average molecular weight is 376 g/mol. The third-order valence-electron chi connectivity index (χ3n) is 4.78. The molecule has 8 nitrogen and oxygen atoms in total. The van der Waals surface area contributed by atoms with E-state index in [0.29, 0.717) is 11.4 Å². The van der Waals surface area contributed by atoms with Crippen molar-refractivity contribution in [2.75, 3.05) is 10.3 Å². The summed E-state index contributed by atoms with van der Waals surface area (Å²) >= 11 is 0. The van der Waals surface area contributed by atoms with Crippen molar-refractivity contribution in [2.45, 2.75) is 26.3 Å². The van der Waals surface area contributed by atoms with Gasteiger partial charge >= 0.3 is 0 Å². The Bertz CT molecular complexity index is 1100. The first-order valence-corrected chi connectivity index (χ1v) is 8.97. The number of carbonyl (C=O) groups excluding carboxylic acids is 2. The summed E-state index contributed by atoms with van der Waals surface area (Å²) < 4.78 is 1.70. The number of anilines is 2. The van der Waals surface area contributed by atoms with Crippen LogP contribution in [0, 0.1) is 6.92 Å². The number of para-hydroxylation sites is 1. The second-order valence-corrected chi connectivity index (χ2v) is 6.82. The Morgan fingerprint density at radius 1 is 1.21 bits per heavy atom. The van der Waals surface area contributed by atoms with E-state index in [0.717, 1.165) is 22.4 Å². The minimum atomic E-state index is -0.482. The second kappa shape index (κ2) is 6.88. The predicted octanol–water partition coefficient (Wildman–Crippen LogP) is 2.44. The van der Waals surface area contributed by atoms with E-state index in [2.05, 4.69) is 20.5 Å². The fourth-order valence-corrected chi connectivity index (χ4v) is 3.36. The van der Waals surface area contributed by atoms with Crippen LogP contribution in [0.3, 0.4) is 0 Å². The van der Waals surface area contributed by atoms with Gasteiger partial charge in [0.2, 0.25) is 0 Å². The maximum atomic E-state index is 12.8. The number of hydrogen-bond acceptors (Lipinski definition) is 6. The molecule has 0 saturated heterocycles. The third-order valence-corrected chi connectivity index (χ3v) is 4.78. The van der Waals surface area contributed by atoms with Crippen LogP contribution < -0.4 is 10.3 Å². The molecule has 0 saturated carbocycles. The number of aryl methyl sites for hydroxylation is 2. The summed E-state index contributed by atoms with van der Waals surface area (Å²) in [6.45, 7) is 3.41. The molecule has 0 fully saturated rings. The van der Waals surface area contributed by atoms with Gasteiger partial charge in [-0.15, -0.1) is 0 Å². The van der Waals surface area contributed by atoms with Crippen LogP contribution in [-0.2, 0) is 16.6 Å². The molecule has 1 amide bonds. The number of rotatable bonds is 4. The first kappa shape index (κ1) is 17.8. The fraction of sp³-hybridized carbons (Fsp3) is 0.250. The molecule has 4 rings (SSSR count). The van der Waals surface area contributed by atoms with E-state index in [-0.39, 0.29) is 18.1 Å². The van der Waals surface area contributed by atoms with Crippen LogP contribution in [-0.4, -0.2) is 38.2 Å². The zero-order chi connectivity index (χ0) is 19.8. The average Bonchev–Trinajstić information content (AvgIpc) is 3.25. The summed E-state index contributed by atoms with van der Waals surface area (Å²) in [5.74, 6) is -0.378. The normalized spacial score (nSPS) is 16.3. The summed E-state index contributed by atoms with van der Waals surface area (Å²) in [5.41, 5.74) is 3.24. The topological polar surface area (TPSA) is 92.5 Å². The van der Waals surface area contributed by atoms with Crippen molar-refractivity contribution in [3.8, 4) is 0 Å². The Morgan fingerprint density at radius 2 is 1.96 bits per heavy atom. The number of nitrogens with zero attached hydrogens (tertiary/aromatic N) is 5. The number of amides is 1. The molecule has 1 atom stereocenters. The number of fused-ring (bicyclic) bond motifs is 1. The summed E-state index contributed by atoms with van der Waals surface area (Å²) in [5, 5.41) is 14.1. The standard InChI is InChI=1S/C20H20N6O2/c1-12-16-9-14(11-21-19(16)25(3)23-12)22-20(28)17-10-18(13(2)27)26(24-17)15-7-5-4-6-8-15/h4-9,11,18H,10H2,1-3H3,(H,22,28). The van der Waals surface area contributed by atoms with Gasteiger partial charge in [0.05, 0.1) is 23.3 Å². The van der Waals surface area contributed by atoms with Crippen molar-refractivity contribution in [3.05, 3.63) is 48.3 Å². The van der Waals surface area contributed by atoms with Crippen molar-refractivity contribution < 1.29 is 9.59 Å². The number of ketones is 1. The number of benzene rings is 1. The number of Topliss-reactive ketones (excluding diaryl/α,β-unsaturated/α-hetero) is 1. The number of hydrogen-bond donors (Lipinski definition) is 1. The summed E-state index contributed by atoms with van der Waals surface area (Å²) in [7, 11) is 1.83. The molecule has 1 N–H and O–H groups in total. The molecule has 2 aromatic heterocycles. The quantitative estimate of drug-likeness (QED) is 0.755. The van der Waals surface area contributed by atoms with Crippen molar-refractivity contribution in [2.24, 2.45) is 12.1 Å². The van der Waals surface area contributed by atoms with Gasteiger partial charge in [-0.3, -0.25) is 19.3 Å². The molecule has 1 unspecified atom stereocenters. The fourth-order valence-electron chi connectivity index (χ4n) is 3.36. The third kappa shape index (κ3) is 3.13. The monoisotopic (exact) mass is 376 g/mol. The Labute approximate surface area is 161 Å². The van der Waals surface area contributed by atoms with Gasteiger partial charge in [-0.05, 0) is 32.0 Å². The molecule has 0 spiro atoms. The molecule has 1 aliphatic heterocycles. The first-order valence-electron chi connectivity index (χ1n) is 8.97. The summed E-state index contributed by atoms with van der Waals surface area (Å²) in [6.07, 6.45) is 1.85. The highest BCUT2D eigenvalue weighted by atomic mass is 16.2. The first-order chi connectivity index (χ1) is 13.4. The van der Waals surface area contributed by atoms with Crippen LogP contribution >= 0.6 is 0 Å². The van der Waals surface area contributed by atoms with Gasteiger partial charge in [0.25, 0.3) is 5.91 Å². The minimum absolute atomic E-state index is 0.0375. The summed E-state index contributed by atoms with van der Waals surface area (Å²) in [6, 6.07) is 10.7. The maximum Gasteiger partial charge on any atom is 0.272 e. The highest BCUT2D eigenvalue weighted by Crippen LogP contribution is 2.26. The van der Waals surface area contributed by atoms with E-state index in [4.69, 9.17) is 0 Å². The molecule has 142 valence electrons. The molecule has 3 heterocycles. The van der Waals surface area contributed by atoms with Gasteiger partial charge < -0.3 is 5.32 Å². The van der Waals surface area contributed by atoms with Crippen molar-refractivity contribution >= 4 is 39.8 Å². The molecule has 0 radical (unpaired) electrons. The van der Waals surface area contributed by atoms with E-state index in [1.165, 1.54) is 6.92 Å². The molecule has 8 heteroatoms. The van der Waals surface area contributed by atoms with Gasteiger partial charge in [0.15, 0.2) is 11.4 Å². The second-order valence-electron chi connectivity index (χ2n) is 6.82. The lowest BCUT2D eigenvalue weighted by atomic mass is 10.1. The van der Waals surface area contributed by atoms with Crippen LogP contribution in [0.4, 0.5) is 11.4 Å². The molecule has 28 heavy (non-hydrogen) atoms. The number of aromatic nitrogens is 3. The van der Waals surface area contributed by atoms with E-state index >= 15 is 0 Å². The number of nitrogens with one attached hydrogen (secondary N) is 1. The molecule has 3 aromatic rings. The molecule has 1 aliphatic rings. The number of carbonyl (C=O) groups is 2. The zero-order valence-corrected chi connectivity index (χ0v) is 15.9. The Balaban J connectivity index is 1.59. The largest absolute Gasteiger partial charge is 0.319 e. The number of hydrazone groups is 1. The lowest BCUT2D eigenvalue weighted by Gasteiger charge is -2.20. The van der Waals surface area contributed by atoms with E-state index in [1.54, 1.807) is 15.9 Å². The molecule has 0 aliphatic carbocycles. The van der Waals surface area contributed by atoms with Crippen LogP contribution in [0.15, 0.2) is 47.7 Å². The molecule has 0 bridgehead atoms. The lowest BCUT2D eigenvalue weighted by molar-refractivity contribution is -0.118. The van der Waals surface area contributed by atoms with Crippen LogP contribution in [0.25, 0.3) is 11.0 Å². The minimum Gasteiger partial charge on any atom is -0.319 e. The molecular formula is C20H20N6O2. The van der Waals surface area contributed by atoms with Gasteiger partial charge in [-0.1, -0.05) is 18.2 Å². The Hall–Kier alpha value is -3.55. The highest BCUT2D eigenvalue weighted by molar-refractivity contribution is 6.44. The van der Waals surface area contributed by atoms with Crippen LogP contribution in [0.5, 0.6) is 0 Å². The summed E-state index contributed by atoms with van der Waals surface area (Å²) in [4.78, 5) is 29.2. The van der Waals surface area contributed by atoms with Crippen LogP contribution in [0.2, 0.25) is 0 Å². The van der Waals surface area contributed by atoms with E-state index in [1.807, 2.05) is 50.4 Å². The van der Waals surface area contributed by atoms with E-state index in [9.17, 15) is 9.59 Å². The lowest BCUT2D eigenvalue weighted by Crippen LogP contribution is -2.33. The molecule has 1 aromatic carbocycles. The predicted molar refractivity (Wildman–Crippen MR) is 107 cm³/mol. The van der Waals surface area contributed by atoms with Gasteiger partial charge in [0.1, 0.15) is 11.8 Å². The van der Waals surface area contributed by atoms with Gasteiger partial charge in [-0.2, -0.15) is 10.2 Å². The van der Waals surface area contributed by atoms with Gasteiger partial charge in [0, 0.05) is 18.9 Å². The SMILES string of the molecule is CC(=O)C1CC(C(=O)Nc2cnc3c(c2)c(C)nn3C)=NN1c1ccccc1. The number of pyridine rings is 1.